The second kappa shape index (κ2) is 5.63. The first-order valence-electron chi connectivity index (χ1n) is 5.42. The number of anilines is 1. The molecule has 1 amide bonds. The van der Waals surface area contributed by atoms with E-state index in [4.69, 9.17) is 10.8 Å². The molecule has 0 heterocycles. The smallest absolute Gasteiger partial charge is 0.253 e. The van der Waals surface area contributed by atoms with Crippen molar-refractivity contribution < 1.29 is 14.3 Å². The number of carbonyl (C=O) groups is 1. The van der Waals surface area contributed by atoms with Crippen LogP contribution in [0.3, 0.4) is 0 Å². The number of benzene rings is 1. The lowest BCUT2D eigenvalue weighted by atomic mass is 10.0. The number of aliphatic hydroxyl groups is 1. The van der Waals surface area contributed by atoms with E-state index in [0.29, 0.717) is 0 Å². The molecule has 1 rings (SSSR count). The highest BCUT2D eigenvalue weighted by molar-refractivity contribution is 5.99. The maximum atomic E-state index is 13.0. The number of amides is 1. The van der Waals surface area contributed by atoms with Crippen LogP contribution in [0.25, 0.3) is 0 Å². The molecule has 0 radical (unpaired) electrons. The van der Waals surface area contributed by atoms with Crippen LogP contribution in [0, 0.1) is 11.7 Å². The summed E-state index contributed by atoms with van der Waals surface area (Å²) in [6, 6.07) is 3.25. The lowest BCUT2D eigenvalue weighted by Crippen LogP contribution is -2.41. The van der Waals surface area contributed by atoms with E-state index in [0.717, 1.165) is 6.07 Å². The minimum Gasteiger partial charge on any atom is -0.398 e. The normalized spacial score (nSPS) is 12.5. The second-order valence-electron chi connectivity index (χ2n) is 4.24. The van der Waals surface area contributed by atoms with Gasteiger partial charge in [0.25, 0.3) is 5.91 Å². The molecule has 0 aliphatic heterocycles. The van der Waals surface area contributed by atoms with Crippen LogP contribution in [0.1, 0.15) is 24.2 Å². The van der Waals surface area contributed by atoms with Crippen LogP contribution in [0.2, 0.25) is 0 Å². The number of carbonyl (C=O) groups excluding carboxylic acids is 1. The first-order valence-corrected chi connectivity index (χ1v) is 5.42. The highest BCUT2D eigenvalue weighted by Crippen LogP contribution is 2.14. The number of hydrogen-bond acceptors (Lipinski definition) is 3. The first kappa shape index (κ1) is 13.4. The third-order valence-electron chi connectivity index (χ3n) is 2.58. The molecule has 0 saturated carbocycles. The van der Waals surface area contributed by atoms with Crippen LogP contribution in [0.15, 0.2) is 18.2 Å². The van der Waals surface area contributed by atoms with Gasteiger partial charge in [0.05, 0.1) is 18.2 Å². The van der Waals surface area contributed by atoms with Crippen LogP contribution in [0.4, 0.5) is 10.1 Å². The number of nitrogens with two attached hydrogens (primary N) is 1. The van der Waals surface area contributed by atoms with E-state index in [-0.39, 0.29) is 29.8 Å². The van der Waals surface area contributed by atoms with Gasteiger partial charge in [-0.05, 0) is 24.1 Å². The van der Waals surface area contributed by atoms with Gasteiger partial charge in [0.15, 0.2) is 0 Å². The van der Waals surface area contributed by atoms with Crippen LogP contribution >= 0.6 is 0 Å². The molecule has 4 nitrogen and oxygen atoms in total. The van der Waals surface area contributed by atoms with Gasteiger partial charge in [0, 0.05) is 5.69 Å². The molecule has 17 heavy (non-hydrogen) atoms. The SMILES string of the molecule is CC(C)C(CO)NC(=O)c1cc(F)ccc1N. The molecule has 0 aliphatic carbocycles. The van der Waals surface area contributed by atoms with Crippen LogP contribution in [0.5, 0.6) is 0 Å². The molecule has 5 heteroatoms. The van der Waals surface area contributed by atoms with Crippen molar-refractivity contribution in [3.8, 4) is 0 Å². The van der Waals surface area contributed by atoms with Crippen LogP contribution in [-0.2, 0) is 0 Å². The molecule has 1 aromatic carbocycles. The van der Waals surface area contributed by atoms with E-state index in [1.54, 1.807) is 0 Å². The summed E-state index contributed by atoms with van der Waals surface area (Å²) in [4.78, 5) is 11.8. The van der Waals surface area contributed by atoms with Gasteiger partial charge in [-0.15, -0.1) is 0 Å². The lowest BCUT2D eigenvalue weighted by molar-refractivity contribution is 0.0897. The van der Waals surface area contributed by atoms with Crippen molar-refractivity contribution in [2.45, 2.75) is 19.9 Å². The Morgan fingerprint density at radius 2 is 2.18 bits per heavy atom. The minimum atomic E-state index is -0.519. The molecule has 0 fully saturated rings. The number of nitrogens with one attached hydrogen (secondary N) is 1. The van der Waals surface area contributed by atoms with Gasteiger partial charge >= 0.3 is 0 Å². The third-order valence-corrected chi connectivity index (χ3v) is 2.58. The van der Waals surface area contributed by atoms with Crippen molar-refractivity contribution in [2.24, 2.45) is 5.92 Å². The molecule has 0 bridgehead atoms. The summed E-state index contributed by atoms with van der Waals surface area (Å²) in [6.45, 7) is 3.57. The summed E-state index contributed by atoms with van der Waals surface area (Å²) in [6.07, 6.45) is 0. The molecule has 1 aromatic rings. The highest BCUT2D eigenvalue weighted by Gasteiger charge is 2.18. The van der Waals surface area contributed by atoms with Crippen molar-refractivity contribution in [2.75, 3.05) is 12.3 Å². The Morgan fingerprint density at radius 3 is 2.71 bits per heavy atom. The lowest BCUT2D eigenvalue weighted by Gasteiger charge is -2.20. The number of aliphatic hydroxyl groups excluding tert-OH is 1. The summed E-state index contributed by atoms with van der Waals surface area (Å²) < 4.78 is 13.0. The molecule has 4 N–H and O–H groups in total. The van der Waals surface area contributed by atoms with Crippen LogP contribution < -0.4 is 11.1 Å². The number of hydrogen-bond donors (Lipinski definition) is 3. The first-order chi connectivity index (χ1) is 7.95. The number of nitrogen functional groups attached to an aromatic ring is 1. The Bertz CT molecular complexity index is 407. The summed E-state index contributed by atoms with van der Waals surface area (Å²) >= 11 is 0. The fraction of sp³-hybridized carbons (Fsp3) is 0.417. The van der Waals surface area contributed by atoms with Crippen molar-refractivity contribution >= 4 is 11.6 Å². The molecule has 94 valence electrons. The third kappa shape index (κ3) is 3.42. The quantitative estimate of drug-likeness (QED) is 0.691. The Kier molecular flexibility index (Phi) is 4.45. The molecular weight excluding hydrogens is 223 g/mol. The topological polar surface area (TPSA) is 75.3 Å². The predicted octanol–water partition coefficient (Wildman–Crippen LogP) is 1.15. The fourth-order valence-electron chi connectivity index (χ4n) is 1.39. The zero-order chi connectivity index (χ0) is 13.0. The molecule has 1 atom stereocenters. The van der Waals surface area contributed by atoms with Crippen molar-refractivity contribution in [3.63, 3.8) is 0 Å². The van der Waals surface area contributed by atoms with E-state index < -0.39 is 11.7 Å². The standard InChI is InChI=1S/C12H17FN2O2/c1-7(2)11(6-16)15-12(17)9-5-8(13)3-4-10(9)14/h3-5,7,11,16H,6,14H2,1-2H3,(H,15,17). The second-order valence-corrected chi connectivity index (χ2v) is 4.24. The Morgan fingerprint density at radius 1 is 1.53 bits per heavy atom. The van der Waals surface area contributed by atoms with E-state index in [2.05, 4.69) is 5.32 Å². The van der Waals surface area contributed by atoms with Crippen molar-refractivity contribution in [3.05, 3.63) is 29.6 Å². The summed E-state index contributed by atoms with van der Waals surface area (Å²) in [5.41, 5.74) is 5.89. The summed E-state index contributed by atoms with van der Waals surface area (Å²) in [5.74, 6) is -0.914. The van der Waals surface area contributed by atoms with E-state index in [1.165, 1.54) is 12.1 Å². The molecular formula is C12H17FN2O2. The maximum Gasteiger partial charge on any atom is 0.253 e. The average molecular weight is 240 g/mol. The highest BCUT2D eigenvalue weighted by atomic mass is 19.1. The molecule has 0 aliphatic rings. The monoisotopic (exact) mass is 240 g/mol. The zero-order valence-corrected chi connectivity index (χ0v) is 9.90. The fourth-order valence-corrected chi connectivity index (χ4v) is 1.39. The van der Waals surface area contributed by atoms with Gasteiger partial charge < -0.3 is 16.2 Å². The van der Waals surface area contributed by atoms with Gasteiger partial charge in [-0.2, -0.15) is 0 Å². The van der Waals surface area contributed by atoms with Crippen molar-refractivity contribution in [1.82, 2.24) is 5.32 Å². The van der Waals surface area contributed by atoms with E-state index in [1.807, 2.05) is 13.8 Å². The molecule has 1 unspecified atom stereocenters. The average Bonchev–Trinajstić information content (AvgIpc) is 2.28. The van der Waals surface area contributed by atoms with Gasteiger partial charge in [0.2, 0.25) is 0 Å². The number of rotatable bonds is 4. The largest absolute Gasteiger partial charge is 0.398 e. The van der Waals surface area contributed by atoms with E-state index >= 15 is 0 Å². The molecule has 0 aromatic heterocycles. The summed E-state index contributed by atoms with van der Waals surface area (Å²) in [5, 5.41) is 11.7. The Labute approximate surface area is 99.6 Å². The van der Waals surface area contributed by atoms with Gasteiger partial charge in [-0.25, -0.2) is 4.39 Å². The predicted molar refractivity (Wildman–Crippen MR) is 64.0 cm³/mol. The summed E-state index contributed by atoms with van der Waals surface area (Å²) in [7, 11) is 0. The van der Waals surface area contributed by atoms with E-state index in [9.17, 15) is 9.18 Å². The maximum absolute atomic E-state index is 13.0. The minimum absolute atomic E-state index is 0.0822. The Balaban J connectivity index is 2.86. The zero-order valence-electron chi connectivity index (χ0n) is 9.90. The van der Waals surface area contributed by atoms with Crippen LogP contribution in [-0.4, -0.2) is 23.7 Å². The Hall–Kier alpha value is -1.62. The number of halogens is 1. The molecule has 0 spiro atoms. The van der Waals surface area contributed by atoms with Gasteiger partial charge in [-0.1, -0.05) is 13.8 Å². The van der Waals surface area contributed by atoms with Gasteiger partial charge in [0.1, 0.15) is 5.82 Å². The van der Waals surface area contributed by atoms with Gasteiger partial charge in [-0.3, -0.25) is 4.79 Å². The molecule has 0 saturated heterocycles. The van der Waals surface area contributed by atoms with Crippen molar-refractivity contribution in [1.29, 1.82) is 0 Å².